The molecule has 3 aromatic carbocycles. The van der Waals surface area contributed by atoms with Crippen molar-refractivity contribution in [1.29, 1.82) is 0 Å². The average Bonchev–Trinajstić information content (AvgIpc) is 2.93. The third-order valence-electron chi connectivity index (χ3n) is 6.52. The van der Waals surface area contributed by atoms with E-state index in [4.69, 9.17) is 4.74 Å². The smallest absolute Gasteiger partial charge is 0.321 e. The molecule has 36 heavy (non-hydrogen) atoms. The number of carbonyl (C=O) groups is 2. The Morgan fingerprint density at radius 1 is 1.00 bits per heavy atom. The Morgan fingerprint density at radius 3 is 2.58 bits per heavy atom. The molecule has 1 aliphatic rings. The second kappa shape index (κ2) is 12.8. The van der Waals surface area contributed by atoms with E-state index >= 15 is 0 Å². The van der Waals surface area contributed by atoms with Crippen LogP contribution in [0.5, 0.6) is 5.75 Å². The molecule has 2 N–H and O–H groups in total. The number of carbonyl (C=O) groups excluding carboxylic acids is 2. The lowest BCUT2D eigenvalue weighted by Crippen LogP contribution is -2.41. The number of urea groups is 1. The number of hydrogen-bond donors (Lipinski definition) is 2. The van der Waals surface area contributed by atoms with Crippen molar-refractivity contribution in [3.63, 3.8) is 0 Å². The number of anilines is 1. The molecule has 1 fully saturated rings. The molecule has 1 atom stereocenters. The molecule has 6 nitrogen and oxygen atoms in total. The standard InChI is InChI=1S/C30H35N3O3/c1-2-36-28-17-15-27(16-18-28)32-30(35)33-20-8-14-26(22-33)24-12-6-13-25(21-24)29(34)31-19-7-11-23-9-4-3-5-10-23/h3-6,9-10,12-13,15-18,21,26H,2,7-8,11,14,19-20,22H2,1H3,(H,31,34)(H,32,35)/t26-/m0/s1. The zero-order chi connectivity index (χ0) is 25.2. The fourth-order valence-electron chi connectivity index (χ4n) is 4.61. The number of amides is 3. The Kier molecular flexibility index (Phi) is 8.98. The van der Waals surface area contributed by atoms with Gasteiger partial charge in [-0.05, 0) is 80.1 Å². The summed E-state index contributed by atoms with van der Waals surface area (Å²) < 4.78 is 5.47. The second-order valence-electron chi connectivity index (χ2n) is 9.14. The number of rotatable bonds is 9. The molecule has 0 radical (unpaired) electrons. The lowest BCUT2D eigenvalue weighted by molar-refractivity contribution is 0.0953. The monoisotopic (exact) mass is 485 g/mol. The number of aryl methyl sites for hydroxylation is 1. The highest BCUT2D eigenvalue weighted by molar-refractivity contribution is 5.94. The van der Waals surface area contributed by atoms with Gasteiger partial charge in [0.25, 0.3) is 5.91 Å². The van der Waals surface area contributed by atoms with E-state index in [2.05, 4.69) is 28.8 Å². The van der Waals surface area contributed by atoms with E-state index in [0.717, 1.165) is 49.2 Å². The van der Waals surface area contributed by atoms with Crippen molar-refractivity contribution in [1.82, 2.24) is 10.2 Å². The highest BCUT2D eigenvalue weighted by Gasteiger charge is 2.25. The zero-order valence-electron chi connectivity index (χ0n) is 20.9. The van der Waals surface area contributed by atoms with E-state index in [0.29, 0.717) is 25.3 Å². The zero-order valence-corrected chi connectivity index (χ0v) is 20.9. The molecule has 4 rings (SSSR count). The molecule has 0 spiro atoms. The fraction of sp³-hybridized carbons (Fsp3) is 0.333. The predicted octanol–water partition coefficient (Wildman–Crippen LogP) is 5.86. The summed E-state index contributed by atoms with van der Waals surface area (Å²) in [6.45, 7) is 4.54. The minimum absolute atomic E-state index is 0.0502. The molecule has 3 amide bonds. The van der Waals surface area contributed by atoms with Crippen molar-refractivity contribution < 1.29 is 14.3 Å². The summed E-state index contributed by atoms with van der Waals surface area (Å²) in [5, 5.41) is 6.03. The van der Waals surface area contributed by atoms with Crippen LogP contribution >= 0.6 is 0 Å². The molecule has 0 saturated carbocycles. The van der Waals surface area contributed by atoms with Crippen LogP contribution in [0.2, 0.25) is 0 Å². The first-order chi connectivity index (χ1) is 17.6. The number of ether oxygens (including phenoxy) is 1. The van der Waals surface area contributed by atoms with Crippen molar-refractivity contribution in [3.8, 4) is 5.75 Å². The summed E-state index contributed by atoms with van der Waals surface area (Å²) in [4.78, 5) is 27.5. The minimum atomic E-state index is -0.101. The number of piperidine rings is 1. The summed E-state index contributed by atoms with van der Waals surface area (Å²) >= 11 is 0. The van der Waals surface area contributed by atoms with Crippen LogP contribution in [-0.4, -0.2) is 43.1 Å². The topological polar surface area (TPSA) is 70.7 Å². The Bertz CT molecular complexity index is 1130. The lowest BCUT2D eigenvalue weighted by Gasteiger charge is -2.33. The largest absolute Gasteiger partial charge is 0.494 e. The van der Waals surface area contributed by atoms with E-state index in [-0.39, 0.29) is 17.9 Å². The Morgan fingerprint density at radius 2 is 1.81 bits per heavy atom. The van der Waals surface area contributed by atoms with Crippen LogP contribution in [0.25, 0.3) is 0 Å². The minimum Gasteiger partial charge on any atom is -0.494 e. The van der Waals surface area contributed by atoms with E-state index in [1.54, 1.807) is 0 Å². The highest BCUT2D eigenvalue weighted by atomic mass is 16.5. The van der Waals surface area contributed by atoms with Crippen LogP contribution in [0.15, 0.2) is 78.9 Å². The molecule has 0 aliphatic carbocycles. The molecule has 1 heterocycles. The molecule has 3 aromatic rings. The molecular weight excluding hydrogens is 450 g/mol. The third kappa shape index (κ3) is 7.11. The Balaban J connectivity index is 1.29. The molecule has 1 aliphatic heterocycles. The SMILES string of the molecule is CCOc1ccc(NC(=O)N2CCC[C@H](c3cccc(C(=O)NCCCc4ccccc4)c3)C2)cc1. The third-order valence-corrected chi connectivity index (χ3v) is 6.52. The number of likely N-dealkylation sites (tertiary alicyclic amines) is 1. The van der Waals surface area contributed by atoms with Gasteiger partial charge in [-0.3, -0.25) is 4.79 Å². The van der Waals surface area contributed by atoms with Gasteiger partial charge >= 0.3 is 6.03 Å². The van der Waals surface area contributed by atoms with Gasteiger partial charge in [-0.1, -0.05) is 42.5 Å². The van der Waals surface area contributed by atoms with Crippen LogP contribution in [0.4, 0.5) is 10.5 Å². The van der Waals surface area contributed by atoms with Gasteiger partial charge in [0.05, 0.1) is 6.61 Å². The van der Waals surface area contributed by atoms with Crippen molar-refractivity contribution >= 4 is 17.6 Å². The van der Waals surface area contributed by atoms with E-state index in [9.17, 15) is 9.59 Å². The fourth-order valence-corrected chi connectivity index (χ4v) is 4.61. The Labute approximate surface area is 213 Å². The van der Waals surface area contributed by atoms with Crippen LogP contribution in [0.1, 0.15) is 53.6 Å². The van der Waals surface area contributed by atoms with E-state index in [1.165, 1.54) is 5.56 Å². The first-order valence-corrected chi connectivity index (χ1v) is 12.8. The van der Waals surface area contributed by atoms with Gasteiger partial charge in [-0.25, -0.2) is 4.79 Å². The molecule has 0 unspecified atom stereocenters. The molecule has 0 aromatic heterocycles. The summed E-state index contributed by atoms with van der Waals surface area (Å²) in [6, 6.07) is 25.5. The van der Waals surface area contributed by atoms with Gasteiger partial charge in [0, 0.05) is 36.8 Å². The normalized spacial score (nSPS) is 15.2. The molecule has 6 heteroatoms. The first-order valence-electron chi connectivity index (χ1n) is 12.8. The molecule has 1 saturated heterocycles. The van der Waals surface area contributed by atoms with Crippen molar-refractivity contribution in [2.24, 2.45) is 0 Å². The maximum atomic E-state index is 12.9. The van der Waals surface area contributed by atoms with Gasteiger partial charge in [0.1, 0.15) is 5.75 Å². The predicted molar refractivity (Wildman–Crippen MR) is 144 cm³/mol. The number of benzene rings is 3. The van der Waals surface area contributed by atoms with Gasteiger partial charge in [-0.15, -0.1) is 0 Å². The summed E-state index contributed by atoms with van der Waals surface area (Å²) in [5.41, 5.74) is 3.80. The van der Waals surface area contributed by atoms with Crippen LogP contribution in [-0.2, 0) is 6.42 Å². The van der Waals surface area contributed by atoms with Gasteiger partial charge in [0.15, 0.2) is 0 Å². The summed E-state index contributed by atoms with van der Waals surface area (Å²) in [5.74, 6) is 0.940. The number of hydrogen-bond acceptors (Lipinski definition) is 3. The average molecular weight is 486 g/mol. The van der Waals surface area contributed by atoms with E-state index < -0.39 is 0 Å². The molecular formula is C30H35N3O3. The van der Waals surface area contributed by atoms with Crippen LogP contribution in [0.3, 0.4) is 0 Å². The van der Waals surface area contributed by atoms with Crippen molar-refractivity contribution in [2.75, 3.05) is 31.6 Å². The van der Waals surface area contributed by atoms with Crippen LogP contribution in [0, 0.1) is 0 Å². The van der Waals surface area contributed by atoms with Crippen molar-refractivity contribution in [2.45, 2.75) is 38.5 Å². The van der Waals surface area contributed by atoms with Gasteiger partial charge in [0.2, 0.25) is 0 Å². The number of nitrogens with zero attached hydrogens (tertiary/aromatic N) is 1. The molecule has 0 bridgehead atoms. The second-order valence-corrected chi connectivity index (χ2v) is 9.14. The van der Waals surface area contributed by atoms with E-state index in [1.807, 2.05) is 72.5 Å². The summed E-state index contributed by atoms with van der Waals surface area (Å²) in [7, 11) is 0. The maximum Gasteiger partial charge on any atom is 0.321 e. The maximum absolute atomic E-state index is 12.9. The lowest BCUT2D eigenvalue weighted by atomic mass is 9.89. The molecule has 188 valence electrons. The Hall–Kier alpha value is -3.80. The summed E-state index contributed by atoms with van der Waals surface area (Å²) in [6.07, 6.45) is 3.76. The quantitative estimate of drug-likeness (QED) is 0.373. The highest BCUT2D eigenvalue weighted by Crippen LogP contribution is 2.28. The van der Waals surface area contributed by atoms with Crippen molar-refractivity contribution in [3.05, 3.63) is 95.6 Å². The van der Waals surface area contributed by atoms with Gasteiger partial charge in [-0.2, -0.15) is 0 Å². The van der Waals surface area contributed by atoms with Gasteiger partial charge < -0.3 is 20.3 Å². The first kappa shape index (κ1) is 25.3. The van der Waals surface area contributed by atoms with Crippen LogP contribution < -0.4 is 15.4 Å². The number of nitrogens with one attached hydrogen (secondary N) is 2.